The lowest BCUT2D eigenvalue weighted by Crippen LogP contribution is -2.59. The van der Waals surface area contributed by atoms with Crippen molar-refractivity contribution in [1.82, 2.24) is 10.6 Å². The summed E-state index contributed by atoms with van der Waals surface area (Å²) in [6, 6.07) is -1.30. The van der Waals surface area contributed by atoms with E-state index in [-0.39, 0.29) is 13.0 Å². The molecule has 1 rings (SSSR count). The number of ether oxygens (including phenoxy) is 1. The number of nitrogens with one attached hydrogen (secondary N) is 2. The molecule has 0 aromatic carbocycles. The molecule has 1 aliphatic rings. The fraction of sp³-hybridized carbons (Fsp3) is 0.750. The van der Waals surface area contributed by atoms with Crippen molar-refractivity contribution < 1.29 is 24.2 Å². The van der Waals surface area contributed by atoms with Crippen LogP contribution in [0.25, 0.3) is 0 Å². The number of amides is 2. The van der Waals surface area contributed by atoms with Crippen molar-refractivity contribution in [1.29, 1.82) is 0 Å². The minimum absolute atomic E-state index is 0.103. The highest BCUT2D eigenvalue weighted by Crippen LogP contribution is 2.34. The van der Waals surface area contributed by atoms with Gasteiger partial charge in [-0.25, -0.2) is 9.59 Å². The molecule has 0 saturated heterocycles. The standard InChI is InChI=1S/C12H20N2O5/c1-3-19-10(17)8(2)13-11(18)14-12(5-4-6-12)7-9(15)16/h8H,3-7H2,1-2H3,(H,15,16)(H2,13,14,18). The van der Waals surface area contributed by atoms with Gasteiger partial charge in [-0.2, -0.15) is 0 Å². The van der Waals surface area contributed by atoms with E-state index in [2.05, 4.69) is 10.6 Å². The Balaban J connectivity index is 2.45. The van der Waals surface area contributed by atoms with Crippen LogP contribution in [0.4, 0.5) is 4.79 Å². The fourth-order valence-electron chi connectivity index (χ4n) is 2.04. The molecule has 1 atom stereocenters. The third kappa shape index (κ3) is 4.42. The lowest BCUT2D eigenvalue weighted by molar-refractivity contribution is -0.145. The first kappa shape index (κ1) is 15.3. The van der Waals surface area contributed by atoms with Gasteiger partial charge in [0.1, 0.15) is 6.04 Å². The molecule has 0 bridgehead atoms. The second kappa shape index (κ2) is 6.40. The van der Waals surface area contributed by atoms with E-state index in [9.17, 15) is 14.4 Å². The number of carboxylic acids is 1. The maximum absolute atomic E-state index is 11.7. The first-order valence-corrected chi connectivity index (χ1v) is 6.35. The number of hydrogen-bond acceptors (Lipinski definition) is 4. The largest absolute Gasteiger partial charge is 0.481 e. The van der Waals surface area contributed by atoms with Crippen LogP contribution < -0.4 is 10.6 Å². The Morgan fingerprint density at radius 3 is 2.42 bits per heavy atom. The first-order chi connectivity index (χ1) is 8.88. The summed E-state index contributed by atoms with van der Waals surface area (Å²) in [4.78, 5) is 33.8. The predicted molar refractivity (Wildman–Crippen MR) is 66.6 cm³/mol. The van der Waals surface area contributed by atoms with Gasteiger partial charge in [-0.05, 0) is 33.1 Å². The van der Waals surface area contributed by atoms with Gasteiger partial charge in [0.25, 0.3) is 0 Å². The summed E-state index contributed by atoms with van der Waals surface area (Å²) in [5.41, 5.74) is -0.676. The van der Waals surface area contributed by atoms with Crippen LogP contribution in [0.5, 0.6) is 0 Å². The number of aliphatic carboxylic acids is 1. The van der Waals surface area contributed by atoms with E-state index < -0.39 is 29.6 Å². The lowest BCUT2D eigenvalue weighted by Gasteiger charge is -2.41. The highest BCUT2D eigenvalue weighted by Gasteiger charge is 2.40. The Labute approximate surface area is 111 Å². The Bertz CT molecular complexity index is 365. The van der Waals surface area contributed by atoms with Gasteiger partial charge in [0.15, 0.2) is 0 Å². The van der Waals surface area contributed by atoms with Gasteiger partial charge in [0, 0.05) is 0 Å². The number of carbonyl (C=O) groups is 3. The number of carboxylic acid groups (broad SMARTS) is 1. The number of esters is 1. The second-order valence-corrected chi connectivity index (χ2v) is 4.78. The van der Waals surface area contributed by atoms with Crippen LogP contribution in [0, 0.1) is 0 Å². The van der Waals surface area contributed by atoms with Crippen molar-refractivity contribution in [3.8, 4) is 0 Å². The summed E-state index contributed by atoms with van der Waals surface area (Å²) in [6.07, 6.45) is 2.07. The zero-order chi connectivity index (χ0) is 14.5. The van der Waals surface area contributed by atoms with Gasteiger partial charge in [-0.1, -0.05) is 0 Å². The second-order valence-electron chi connectivity index (χ2n) is 4.78. The van der Waals surface area contributed by atoms with E-state index in [1.807, 2.05) is 0 Å². The lowest BCUT2D eigenvalue weighted by atomic mass is 9.74. The number of hydrogen-bond donors (Lipinski definition) is 3. The molecule has 0 spiro atoms. The molecule has 1 fully saturated rings. The van der Waals surface area contributed by atoms with Gasteiger partial charge in [-0.15, -0.1) is 0 Å². The Kier molecular flexibility index (Phi) is 5.14. The quantitative estimate of drug-likeness (QED) is 0.615. The van der Waals surface area contributed by atoms with Crippen LogP contribution in [0.2, 0.25) is 0 Å². The molecule has 3 N–H and O–H groups in total. The molecule has 1 aliphatic carbocycles. The van der Waals surface area contributed by atoms with E-state index in [0.29, 0.717) is 12.8 Å². The van der Waals surface area contributed by atoms with Gasteiger partial charge in [0.2, 0.25) is 0 Å². The van der Waals surface area contributed by atoms with Crippen molar-refractivity contribution in [2.24, 2.45) is 0 Å². The van der Waals surface area contributed by atoms with Gasteiger partial charge in [0.05, 0.1) is 18.6 Å². The molecule has 0 aromatic rings. The molecule has 0 radical (unpaired) electrons. The molecule has 19 heavy (non-hydrogen) atoms. The number of carbonyl (C=O) groups excluding carboxylic acids is 2. The Morgan fingerprint density at radius 2 is 2.00 bits per heavy atom. The predicted octanol–water partition coefficient (Wildman–Crippen LogP) is 0.635. The minimum Gasteiger partial charge on any atom is -0.481 e. The monoisotopic (exact) mass is 272 g/mol. The SMILES string of the molecule is CCOC(=O)C(C)NC(=O)NC1(CC(=O)O)CCC1. The Hall–Kier alpha value is -1.79. The molecule has 1 saturated carbocycles. The van der Waals surface area contributed by atoms with E-state index in [1.165, 1.54) is 6.92 Å². The number of urea groups is 1. The third-order valence-electron chi connectivity index (χ3n) is 3.17. The molecule has 108 valence electrons. The fourth-order valence-corrected chi connectivity index (χ4v) is 2.04. The van der Waals surface area contributed by atoms with Gasteiger partial charge < -0.3 is 20.5 Å². The summed E-state index contributed by atoms with van der Waals surface area (Å²) in [6.45, 7) is 3.44. The third-order valence-corrected chi connectivity index (χ3v) is 3.17. The average Bonchev–Trinajstić information content (AvgIpc) is 2.25. The molecule has 1 unspecified atom stereocenters. The summed E-state index contributed by atoms with van der Waals surface area (Å²) in [5.74, 6) is -1.46. The summed E-state index contributed by atoms with van der Waals surface area (Å²) >= 11 is 0. The normalized spacial score (nSPS) is 17.8. The van der Waals surface area contributed by atoms with Crippen molar-refractivity contribution >= 4 is 18.0 Å². The smallest absolute Gasteiger partial charge is 0.328 e. The molecule has 0 aliphatic heterocycles. The number of rotatable bonds is 6. The van der Waals surface area contributed by atoms with Crippen LogP contribution in [-0.2, 0) is 14.3 Å². The van der Waals surface area contributed by atoms with Crippen LogP contribution in [0.15, 0.2) is 0 Å². The molecule has 0 aromatic heterocycles. The van der Waals surface area contributed by atoms with E-state index >= 15 is 0 Å². The first-order valence-electron chi connectivity index (χ1n) is 6.35. The summed E-state index contributed by atoms with van der Waals surface area (Å²) < 4.78 is 4.76. The van der Waals surface area contributed by atoms with E-state index in [1.54, 1.807) is 6.92 Å². The van der Waals surface area contributed by atoms with Gasteiger partial charge >= 0.3 is 18.0 Å². The zero-order valence-electron chi connectivity index (χ0n) is 11.2. The Morgan fingerprint density at radius 1 is 1.37 bits per heavy atom. The molecule has 2 amide bonds. The van der Waals surface area contributed by atoms with Crippen molar-refractivity contribution in [2.75, 3.05) is 6.61 Å². The van der Waals surface area contributed by atoms with Crippen molar-refractivity contribution in [3.63, 3.8) is 0 Å². The molecule has 7 nitrogen and oxygen atoms in total. The molecular formula is C12H20N2O5. The maximum Gasteiger partial charge on any atom is 0.328 e. The summed E-state index contributed by atoms with van der Waals surface area (Å²) in [5, 5.41) is 13.9. The molecule has 0 heterocycles. The molecule has 7 heteroatoms. The maximum atomic E-state index is 11.7. The zero-order valence-corrected chi connectivity index (χ0v) is 11.2. The highest BCUT2D eigenvalue weighted by atomic mass is 16.5. The van der Waals surface area contributed by atoms with Crippen LogP contribution >= 0.6 is 0 Å². The van der Waals surface area contributed by atoms with Gasteiger partial charge in [-0.3, -0.25) is 4.79 Å². The van der Waals surface area contributed by atoms with Crippen molar-refractivity contribution in [3.05, 3.63) is 0 Å². The van der Waals surface area contributed by atoms with Crippen molar-refractivity contribution in [2.45, 2.75) is 51.1 Å². The molecular weight excluding hydrogens is 252 g/mol. The highest BCUT2D eigenvalue weighted by molar-refractivity contribution is 5.84. The minimum atomic E-state index is -0.946. The van der Waals surface area contributed by atoms with Crippen LogP contribution in [0.1, 0.15) is 39.5 Å². The topological polar surface area (TPSA) is 105 Å². The van der Waals surface area contributed by atoms with E-state index in [4.69, 9.17) is 9.84 Å². The average molecular weight is 272 g/mol. The summed E-state index contributed by atoms with van der Waals surface area (Å²) in [7, 11) is 0. The van der Waals surface area contributed by atoms with E-state index in [0.717, 1.165) is 6.42 Å². The van der Waals surface area contributed by atoms with Crippen LogP contribution in [-0.4, -0.2) is 41.3 Å². The van der Waals surface area contributed by atoms with Crippen LogP contribution in [0.3, 0.4) is 0 Å².